The largest absolute Gasteiger partial charge is 0.399 e. The Morgan fingerprint density at radius 1 is 1.08 bits per heavy atom. The van der Waals surface area contributed by atoms with Crippen molar-refractivity contribution in [2.24, 2.45) is 0 Å². The van der Waals surface area contributed by atoms with E-state index in [2.05, 4.69) is 29.3 Å². The van der Waals surface area contributed by atoms with Crippen molar-refractivity contribution in [1.29, 1.82) is 0 Å². The van der Waals surface area contributed by atoms with Crippen molar-refractivity contribution < 1.29 is 4.79 Å². The molecular weight excluding hydrogens is 345 g/mol. The van der Waals surface area contributed by atoms with Gasteiger partial charge >= 0.3 is 0 Å². The molecule has 2 aromatic rings. The zero-order valence-corrected chi connectivity index (χ0v) is 15.6. The summed E-state index contributed by atoms with van der Waals surface area (Å²) in [6.07, 6.45) is 0.377. The molecule has 1 amide bonds. The van der Waals surface area contributed by atoms with E-state index in [9.17, 15) is 4.79 Å². The van der Waals surface area contributed by atoms with Crippen LogP contribution in [0.25, 0.3) is 0 Å². The Bertz CT molecular complexity index is 605. The van der Waals surface area contributed by atoms with Gasteiger partial charge in [-0.1, -0.05) is 30.3 Å². The summed E-state index contributed by atoms with van der Waals surface area (Å²) < 4.78 is 0. The highest BCUT2D eigenvalue weighted by molar-refractivity contribution is 5.85. The van der Waals surface area contributed by atoms with Crippen LogP contribution in [0, 0.1) is 0 Å². The predicted octanol–water partition coefficient (Wildman–Crippen LogP) is 3.30. The molecule has 0 heterocycles. The number of carbonyl (C=O) groups excluding carboxylic acids is 1. The van der Waals surface area contributed by atoms with Crippen LogP contribution in [0.4, 0.5) is 11.4 Å². The van der Waals surface area contributed by atoms with Crippen LogP contribution in [-0.2, 0) is 11.2 Å². The second-order valence-corrected chi connectivity index (χ2v) is 5.52. The van der Waals surface area contributed by atoms with Gasteiger partial charge in [-0.25, -0.2) is 0 Å². The lowest BCUT2D eigenvalue weighted by Crippen LogP contribution is -2.40. The van der Waals surface area contributed by atoms with Gasteiger partial charge in [-0.15, -0.1) is 24.8 Å². The summed E-state index contributed by atoms with van der Waals surface area (Å²) in [5.74, 6) is 0.0260. The van der Waals surface area contributed by atoms with Crippen molar-refractivity contribution in [3.63, 3.8) is 0 Å². The molecule has 0 bridgehead atoms. The summed E-state index contributed by atoms with van der Waals surface area (Å²) in [4.78, 5) is 14.2. The molecule has 6 heteroatoms. The molecule has 0 radical (unpaired) electrons. The van der Waals surface area contributed by atoms with E-state index in [0.29, 0.717) is 18.7 Å². The van der Waals surface area contributed by atoms with E-state index in [-0.39, 0.29) is 36.8 Å². The molecule has 1 unspecified atom stereocenters. The van der Waals surface area contributed by atoms with Gasteiger partial charge in [0.1, 0.15) is 0 Å². The highest BCUT2D eigenvalue weighted by Gasteiger charge is 2.11. The van der Waals surface area contributed by atoms with Gasteiger partial charge in [0.25, 0.3) is 0 Å². The van der Waals surface area contributed by atoms with Crippen molar-refractivity contribution in [1.82, 2.24) is 5.32 Å². The molecule has 4 nitrogen and oxygen atoms in total. The first-order valence-corrected chi connectivity index (χ1v) is 7.45. The van der Waals surface area contributed by atoms with Gasteiger partial charge in [0, 0.05) is 31.0 Å². The number of carbonyl (C=O) groups is 1. The normalized spacial score (nSPS) is 10.8. The van der Waals surface area contributed by atoms with Crippen molar-refractivity contribution in [2.75, 3.05) is 24.2 Å². The summed E-state index contributed by atoms with van der Waals surface area (Å²) in [5, 5.41) is 2.98. The minimum atomic E-state index is 0. The van der Waals surface area contributed by atoms with E-state index in [4.69, 9.17) is 5.73 Å². The SMILES string of the molecule is CC(CNC(=O)Cc1ccc(N)cc1)N(C)c1ccccc1.Cl.Cl. The number of hydrogen-bond acceptors (Lipinski definition) is 3. The molecule has 0 spiro atoms. The topological polar surface area (TPSA) is 58.4 Å². The van der Waals surface area contributed by atoms with Crippen LogP contribution in [0.1, 0.15) is 12.5 Å². The van der Waals surface area contributed by atoms with Gasteiger partial charge in [-0.05, 0) is 36.8 Å². The van der Waals surface area contributed by atoms with Crippen molar-refractivity contribution in [2.45, 2.75) is 19.4 Å². The smallest absolute Gasteiger partial charge is 0.224 e. The standard InChI is InChI=1S/C18H23N3O.2ClH/c1-14(21(2)17-6-4-3-5-7-17)13-20-18(22)12-15-8-10-16(19)11-9-15;;/h3-11,14H,12-13,19H2,1-2H3,(H,20,22);2*1H. The first kappa shape index (κ1) is 22.1. The maximum absolute atomic E-state index is 12.0. The number of halogens is 2. The molecule has 0 aliphatic heterocycles. The second kappa shape index (κ2) is 10.8. The maximum atomic E-state index is 12.0. The highest BCUT2D eigenvalue weighted by Crippen LogP contribution is 2.13. The summed E-state index contributed by atoms with van der Waals surface area (Å²) in [6.45, 7) is 2.70. The van der Waals surface area contributed by atoms with Gasteiger partial charge in [-0.2, -0.15) is 0 Å². The molecule has 2 rings (SSSR count). The van der Waals surface area contributed by atoms with Crippen LogP contribution < -0.4 is 16.0 Å². The Hall–Kier alpha value is -1.91. The molecule has 0 fully saturated rings. The van der Waals surface area contributed by atoms with E-state index in [1.165, 1.54) is 0 Å². The number of nitrogen functional groups attached to an aromatic ring is 1. The number of nitrogens with one attached hydrogen (secondary N) is 1. The summed E-state index contributed by atoms with van der Waals surface area (Å²) in [5.41, 5.74) is 8.46. The minimum Gasteiger partial charge on any atom is -0.399 e. The van der Waals surface area contributed by atoms with E-state index in [1.807, 2.05) is 49.5 Å². The Labute approximate surface area is 156 Å². The van der Waals surface area contributed by atoms with E-state index < -0.39 is 0 Å². The lowest BCUT2D eigenvalue weighted by molar-refractivity contribution is -0.120. The van der Waals surface area contributed by atoms with E-state index >= 15 is 0 Å². The number of amides is 1. The molecular formula is C18H25Cl2N3O. The fraction of sp³-hybridized carbons (Fsp3) is 0.278. The predicted molar refractivity (Wildman–Crippen MR) is 106 cm³/mol. The minimum absolute atomic E-state index is 0. The number of hydrogen-bond donors (Lipinski definition) is 2. The van der Waals surface area contributed by atoms with Gasteiger partial charge in [0.2, 0.25) is 5.91 Å². The van der Waals surface area contributed by atoms with Crippen LogP contribution >= 0.6 is 24.8 Å². The molecule has 0 aliphatic carbocycles. The van der Waals surface area contributed by atoms with Crippen LogP contribution in [0.2, 0.25) is 0 Å². The fourth-order valence-electron chi connectivity index (χ4n) is 2.20. The van der Waals surface area contributed by atoms with Crippen LogP contribution in [-0.4, -0.2) is 25.5 Å². The van der Waals surface area contributed by atoms with Crippen LogP contribution in [0.5, 0.6) is 0 Å². The zero-order valence-electron chi connectivity index (χ0n) is 13.9. The zero-order chi connectivity index (χ0) is 15.9. The molecule has 24 heavy (non-hydrogen) atoms. The van der Waals surface area contributed by atoms with Gasteiger partial charge in [0.05, 0.1) is 6.42 Å². The maximum Gasteiger partial charge on any atom is 0.224 e. The highest BCUT2D eigenvalue weighted by atomic mass is 35.5. The lowest BCUT2D eigenvalue weighted by Gasteiger charge is -2.27. The molecule has 1 atom stereocenters. The molecule has 0 aliphatic rings. The third-order valence-corrected chi connectivity index (χ3v) is 3.76. The number of likely N-dealkylation sites (N-methyl/N-ethyl adjacent to an activating group) is 1. The Balaban J connectivity index is 0.00000264. The Kier molecular flexibility index (Phi) is 9.93. The molecule has 3 N–H and O–H groups in total. The number of para-hydroxylation sites is 1. The molecule has 132 valence electrons. The van der Waals surface area contributed by atoms with Gasteiger partial charge < -0.3 is 16.0 Å². The van der Waals surface area contributed by atoms with Crippen LogP contribution in [0.3, 0.4) is 0 Å². The van der Waals surface area contributed by atoms with Gasteiger partial charge in [0.15, 0.2) is 0 Å². The van der Waals surface area contributed by atoms with Crippen molar-refractivity contribution in [3.8, 4) is 0 Å². The molecule has 0 saturated heterocycles. The third-order valence-electron chi connectivity index (χ3n) is 3.76. The number of benzene rings is 2. The number of nitrogens with zero attached hydrogens (tertiary/aromatic N) is 1. The third kappa shape index (κ3) is 6.69. The average Bonchev–Trinajstić information content (AvgIpc) is 2.55. The van der Waals surface area contributed by atoms with Crippen molar-refractivity contribution >= 4 is 42.1 Å². The fourth-order valence-corrected chi connectivity index (χ4v) is 2.20. The first-order chi connectivity index (χ1) is 10.6. The average molecular weight is 370 g/mol. The molecule has 0 saturated carbocycles. The monoisotopic (exact) mass is 369 g/mol. The summed E-state index contributed by atoms with van der Waals surface area (Å²) in [7, 11) is 2.03. The van der Waals surface area contributed by atoms with Crippen molar-refractivity contribution in [3.05, 3.63) is 60.2 Å². The van der Waals surface area contributed by atoms with E-state index in [1.54, 1.807) is 0 Å². The van der Waals surface area contributed by atoms with E-state index in [0.717, 1.165) is 11.3 Å². The molecule has 0 aromatic heterocycles. The second-order valence-electron chi connectivity index (χ2n) is 5.52. The Morgan fingerprint density at radius 2 is 1.67 bits per heavy atom. The number of rotatable bonds is 6. The first-order valence-electron chi connectivity index (χ1n) is 7.45. The lowest BCUT2D eigenvalue weighted by atomic mass is 10.1. The number of anilines is 2. The molecule has 2 aromatic carbocycles. The number of nitrogens with two attached hydrogens (primary N) is 1. The summed E-state index contributed by atoms with van der Waals surface area (Å²) in [6, 6.07) is 17.8. The van der Waals surface area contributed by atoms with Gasteiger partial charge in [-0.3, -0.25) is 4.79 Å². The quantitative estimate of drug-likeness (QED) is 0.768. The Morgan fingerprint density at radius 3 is 2.25 bits per heavy atom. The van der Waals surface area contributed by atoms with Crippen LogP contribution in [0.15, 0.2) is 54.6 Å². The summed E-state index contributed by atoms with van der Waals surface area (Å²) >= 11 is 0.